The first-order valence-electron chi connectivity index (χ1n) is 11.4. The molecule has 0 aliphatic heterocycles. The van der Waals surface area contributed by atoms with Crippen LogP contribution in [0.1, 0.15) is 114 Å². The number of esters is 1. The highest BCUT2D eigenvalue weighted by Crippen LogP contribution is 2.38. The van der Waals surface area contributed by atoms with E-state index in [-0.39, 0.29) is 11.9 Å². The minimum absolute atomic E-state index is 0.0913. The van der Waals surface area contributed by atoms with Crippen molar-refractivity contribution in [3.05, 3.63) is 35.4 Å². The Balaban J connectivity index is 1.78. The summed E-state index contributed by atoms with van der Waals surface area (Å²) in [6, 6.07) is 8.78. The van der Waals surface area contributed by atoms with Crippen molar-refractivity contribution in [2.75, 3.05) is 6.61 Å². The van der Waals surface area contributed by atoms with Gasteiger partial charge in [0.15, 0.2) is 0 Å². The van der Waals surface area contributed by atoms with Crippen molar-refractivity contribution in [2.45, 2.75) is 103 Å². The van der Waals surface area contributed by atoms with Gasteiger partial charge in [0, 0.05) is 0 Å². The standard InChI is InChI=1S/C25H40O2/c1-4-6-8-10-21-11-13-23(14-12-21)24-17-15-22(16-18-24)20(3)25(26)27-19-9-7-5-2/h15-18,20-21,23H,4-14,19H2,1-3H3. The zero-order valence-electron chi connectivity index (χ0n) is 17.8. The molecule has 1 aliphatic rings. The zero-order chi connectivity index (χ0) is 19.5. The van der Waals surface area contributed by atoms with Gasteiger partial charge in [0.1, 0.15) is 0 Å². The maximum atomic E-state index is 12.2. The van der Waals surface area contributed by atoms with Crippen LogP contribution >= 0.6 is 0 Å². The number of benzene rings is 1. The molecular weight excluding hydrogens is 332 g/mol. The van der Waals surface area contributed by atoms with Gasteiger partial charge in [0.25, 0.3) is 0 Å². The number of hydrogen-bond donors (Lipinski definition) is 0. The third-order valence-electron chi connectivity index (χ3n) is 6.32. The summed E-state index contributed by atoms with van der Waals surface area (Å²) < 4.78 is 5.42. The normalized spacial score (nSPS) is 21.0. The summed E-state index contributed by atoms with van der Waals surface area (Å²) in [5, 5.41) is 0. The van der Waals surface area contributed by atoms with Gasteiger partial charge in [-0.1, -0.05) is 76.6 Å². The van der Waals surface area contributed by atoms with Gasteiger partial charge >= 0.3 is 5.97 Å². The first-order valence-corrected chi connectivity index (χ1v) is 11.4. The summed E-state index contributed by atoms with van der Waals surface area (Å²) in [6.07, 6.45) is 14.2. The Labute approximate surface area is 167 Å². The van der Waals surface area contributed by atoms with Gasteiger partial charge in [0.05, 0.1) is 12.5 Å². The molecule has 2 heteroatoms. The Hall–Kier alpha value is -1.31. The lowest BCUT2D eigenvalue weighted by atomic mass is 9.77. The fraction of sp³-hybridized carbons (Fsp3) is 0.720. The van der Waals surface area contributed by atoms with E-state index in [1.807, 2.05) is 6.92 Å². The molecule has 1 unspecified atom stereocenters. The highest BCUT2D eigenvalue weighted by atomic mass is 16.5. The molecule has 2 nitrogen and oxygen atoms in total. The topological polar surface area (TPSA) is 26.3 Å². The summed E-state index contributed by atoms with van der Waals surface area (Å²) in [4.78, 5) is 12.2. The maximum Gasteiger partial charge on any atom is 0.313 e. The Kier molecular flexibility index (Phi) is 9.94. The smallest absolute Gasteiger partial charge is 0.313 e. The Bertz CT molecular complexity index is 526. The van der Waals surface area contributed by atoms with E-state index in [1.54, 1.807) is 0 Å². The molecule has 0 amide bonds. The molecule has 0 N–H and O–H groups in total. The van der Waals surface area contributed by atoms with E-state index in [0.717, 1.165) is 30.7 Å². The molecule has 0 radical (unpaired) electrons. The number of hydrogen-bond acceptors (Lipinski definition) is 2. The SMILES string of the molecule is CCCCCOC(=O)C(C)c1ccc(C2CCC(CCCCC)CC2)cc1. The van der Waals surface area contributed by atoms with Crippen LogP contribution in [0.15, 0.2) is 24.3 Å². The van der Waals surface area contributed by atoms with E-state index in [2.05, 4.69) is 38.1 Å². The predicted octanol–water partition coefficient (Wildman–Crippen LogP) is 7.38. The second kappa shape index (κ2) is 12.2. The third kappa shape index (κ3) is 7.31. The van der Waals surface area contributed by atoms with Crippen molar-refractivity contribution in [3.63, 3.8) is 0 Å². The van der Waals surface area contributed by atoms with Gasteiger partial charge in [-0.25, -0.2) is 0 Å². The minimum atomic E-state index is -0.171. The molecule has 152 valence electrons. The average Bonchev–Trinajstić information content (AvgIpc) is 2.71. The highest BCUT2D eigenvalue weighted by Gasteiger charge is 2.23. The largest absolute Gasteiger partial charge is 0.465 e. The number of rotatable bonds is 11. The van der Waals surface area contributed by atoms with E-state index >= 15 is 0 Å². The molecule has 1 fully saturated rings. The van der Waals surface area contributed by atoms with Gasteiger partial charge in [-0.15, -0.1) is 0 Å². The fourth-order valence-corrected chi connectivity index (χ4v) is 4.31. The van der Waals surface area contributed by atoms with Crippen LogP contribution in [0, 0.1) is 5.92 Å². The van der Waals surface area contributed by atoms with Crippen molar-refractivity contribution in [1.29, 1.82) is 0 Å². The number of unbranched alkanes of at least 4 members (excludes halogenated alkanes) is 4. The van der Waals surface area contributed by atoms with E-state index in [0.29, 0.717) is 12.5 Å². The molecule has 0 heterocycles. The first-order chi connectivity index (χ1) is 13.2. The lowest BCUT2D eigenvalue weighted by Gasteiger charge is -2.29. The molecule has 1 aliphatic carbocycles. The van der Waals surface area contributed by atoms with Crippen LogP contribution < -0.4 is 0 Å². The molecule has 0 bridgehead atoms. The quantitative estimate of drug-likeness (QED) is 0.299. The Morgan fingerprint density at radius 1 is 0.963 bits per heavy atom. The van der Waals surface area contributed by atoms with Crippen molar-refractivity contribution >= 4 is 5.97 Å². The van der Waals surface area contributed by atoms with Crippen molar-refractivity contribution in [3.8, 4) is 0 Å². The minimum Gasteiger partial charge on any atom is -0.465 e. The molecule has 0 saturated heterocycles. The summed E-state index contributed by atoms with van der Waals surface area (Å²) >= 11 is 0. The zero-order valence-corrected chi connectivity index (χ0v) is 17.8. The molecule has 1 aromatic rings. The van der Waals surface area contributed by atoms with Gasteiger partial charge in [-0.2, -0.15) is 0 Å². The lowest BCUT2D eigenvalue weighted by molar-refractivity contribution is -0.145. The van der Waals surface area contributed by atoms with Crippen molar-refractivity contribution < 1.29 is 9.53 Å². The van der Waals surface area contributed by atoms with Crippen LogP contribution in [-0.4, -0.2) is 12.6 Å². The molecular formula is C25H40O2. The lowest BCUT2D eigenvalue weighted by Crippen LogP contribution is -2.15. The van der Waals surface area contributed by atoms with Gasteiger partial charge in [0.2, 0.25) is 0 Å². The number of carbonyl (C=O) groups excluding carboxylic acids is 1. The van der Waals surface area contributed by atoms with Crippen molar-refractivity contribution in [1.82, 2.24) is 0 Å². The van der Waals surface area contributed by atoms with Crippen LogP contribution in [0.4, 0.5) is 0 Å². The van der Waals surface area contributed by atoms with E-state index < -0.39 is 0 Å². The van der Waals surface area contributed by atoms with Crippen LogP contribution in [0.25, 0.3) is 0 Å². The van der Waals surface area contributed by atoms with E-state index in [9.17, 15) is 4.79 Å². The summed E-state index contributed by atoms with van der Waals surface area (Å²) in [5.41, 5.74) is 2.53. The van der Waals surface area contributed by atoms with Crippen molar-refractivity contribution in [2.24, 2.45) is 5.92 Å². The number of ether oxygens (including phenoxy) is 1. The fourth-order valence-electron chi connectivity index (χ4n) is 4.31. The maximum absolute atomic E-state index is 12.2. The molecule has 1 aromatic carbocycles. The van der Waals surface area contributed by atoms with Crippen LogP contribution in [0.3, 0.4) is 0 Å². The predicted molar refractivity (Wildman–Crippen MR) is 114 cm³/mol. The molecule has 1 atom stereocenters. The van der Waals surface area contributed by atoms with Crippen LogP contribution in [0.5, 0.6) is 0 Å². The van der Waals surface area contributed by atoms with Gasteiger partial charge in [-0.3, -0.25) is 4.79 Å². The Morgan fingerprint density at radius 2 is 1.59 bits per heavy atom. The number of carbonyl (C=O) groups is 1. The Morgan fingerprint density at radius 3 is 2.22 bits per heavy atom. The second-order valence-electron chi connectivity index (χ2n) is 8.48. The molecule has 0 aromatic heterocycles. The van der Waals surface area contributed by atoms with Gasteiger partial charge in [-0.05, 0) is 62.0 Å². The van der Waals surface area contributed by atoms with E-state index in [1.165, 1.54) is 56.9 Å². The molecule has 27 heavy (non-hydrogen) atoms. The van der Waals surface area contributed by atoms with E-state index in [4.69, 9.17) is 4.74 Å². The summed E-state index contributed by atoms with van der Waals surface area (Å²) in [6.45, 7) is 6.95. The summed E-state index contributed by atoms with van der Waals surface area (Å²) in [5.74, 6) is 1.40. The van der Waals surface area contributed by atoms with Crippen LogP contribution in [-0.2, 0) is 9.53 Å². The molecule has 1 saturated carbocycles. The second-order valence-corrected chi connectivity index (χ2v) is 8.48. The molecule has 2 rings (SSSR count). The van der Waals surface area contributed by atoms with Crippen LogP contribution in [0.2, 0.25) is 0 Å². The molecule has 0 spiro atoms. The summed E-state index contributed by atoms with van der Waals surface area (Å²) in [7, 11) is 0. The monoisotopic (exact) mass is 372 g/mol. The average molecular weight is 373 g/mol. The highest BCUT2D eigenvalue weighted by molar-refractivity contribution is 5.77. The third-order valence-corrected chi connectivity index (χ3v) is 6.32. The van der Waals surface area contributed by atoms with Gasteiger partial charge < -0.3 is 4.74 Å². The first kappa shape index (κ1) is 22.0.